The summed E-state index contributed by atoms with van der Waals surface area (Å²) in [5, 5.41) is 13.1. The maximum Gasteiger partial charge on any atom is 0.237 e. The highest BCUT2D eigenvalue weighted by atomic mass is 35.5. The number of carbonyl (C=O) groups excluding carboxylic acids is 1. The van der Waals surface area contributed by atoms with Crippen molar-refractivity contribution in [1.29, 1.82) is 0 Å². The van der Waals surface area contributed by atoms with Crippen molar-refractivity contribution in [3.63, 3.8) is 0 Å². The highest BCUT2D eigenvalue weighted by molar-refractivity contribution is 8.00. The van der Waals surface area contributed by atoms with Gasteiger partial charge in [0.05, 0.1) is 5.25 Å². The van der Waals surface area contributed by atoms with Crippen LogP contribution < -0.4 is 10.2 Å². The molecule has 1 saturated carbocycles. The van der Waals surface area contributed by atoms with Crippen molar-refractivity contribution >= 4 is 40.9 Å². The van der Waals surface area contributed by atoms with Crippen molar-refractivity contribution in [3.05, 3.63) is 29.3 Å². The minimum atomic E-state index is -0.272. The van der Waals surface area contributed by atoms with Crippen molar-refractivity contribution in [3.8, 4) is 0 Å². The minimum Gasteiger partial charge on any atom is -0.341 e. The number of aromatic nitrogens is 3. The molecule has 1 aliphatic heterocycles. The van der Waals surface area contributed by atoms with Crippen molar-refractivity contribution in [2.75, 3.05) is 23.3 Å². The Hall–Kier alpha value is -1.73. The van der Waals surface area contributed by atoms with Crippen LogP contribution in [0, 0.1) is 5.92 Å². The summed E-state index contributed by atoms with van der Waals surface area (Å²) >= 11 is 7.39. The normalized spacial score (nSPS) is 18.9. The van der Waals surface area contributed by atoms with E-state index in [1.807, 2.05) is 6.92 Å². The fraction of sp³-hybridized carbons (Fsp3) is 0.550. The number of rotatable bonds is 6. The fourth-order valence-corrected chi connectivity index (χ4v) is 4.46. The zero-order chi connectivity index (χ0) is 19.7. The molecule has 6 nitrogen and oxygen atoms in total. The molecule has 1 unspecified atom stereocenters. The summed E-state index contributed by atoms with van der Waals surface area (Å²) in [5.74, 6) is 1.70. The number of halogens is 1. The first kappa shape index (κ1) is 19.6. The van der Waals surface area contributed by atoms with Gasteiger partial charge in [-0.2, -0.15) is 0 Å². The van der Waals surface area contributed by atoms with Gasteiger partial charge in [0.15, 0.2) is 5.16 Å². The van der Waals surface area contributed by atoms with Crippen molar-refractivity contribution in [2.24, 2.45) is 5.92 Å². The quantitative estimate of drug-likeness (QED) is 0.692. The number of piperidine rings is 1. The number of thioether (sulfide) groups is 1. The monoisotopic (exact) mass is 419 g/mol. The van der Waals surface area contributed by atoms with Crippen LogP contribution in [0.4, 0.5) is 11.6 Å². The molecular weight excluding hydrogens is 394 g/mol. The summed E-state index contributed by atoms with van der Waals surface area (Å²) in [4.78, 5) is 15.0. The lowest BCUT2D eigenvalue weighted by Crippen LogP contribution is -2.34. The molecule has 2 fully saturated rings. The minimum absolute atomic E-state index is 0.0500. The molecule has 1 aromatic heterocycles. The van der Waals surface area contributed by atoms with Gasteiger partial charge in [-0.1, -0.05) is 30.3 Å². The van der Waals surface area contributed by atoms with Gasteiger partial charge in [-0.25, -0.2) is 0 Å². The summed E-state index contributed by atoms with van der Waals surface area (Å²) in [6, 6.07) is 7.62. The van der Waals surface area contributed by atoms with Crippen molar-refractivity contribution in [2.45, 2.75) is 56.0 Å². The summed E-state index contributed by atoms with van der Waals surface area (Å²) in [5.41, 5.74) is 0.744. The molecule has 4 rings (SSSR count). The van der Waals surface area contributed by atoms with Gasteiger partial charge in [0, 0.05) is 29.8 Å². The highest BCUT2D eigenvalue weighted by Crippen LogP contribution is 2.42. The van der Waals surface area contributed by atoms with E-state index >= 15 is 0 Å². The molecule has 1 aromatic carbocycles. The number of nitrogens with one attached hydrogen (secondary N) is 1. The molecule has 28 heavy (non-hydrogen) atoms. The van der Waals surface area contributed by atoms with Gasteiger partial charge in [0.1, 0.15) is 0 Å². The number of hydrogen-bond acceptors (Lipinski definition) is 5. The average Bonchev–Trinajstić information content (AvgIpc) is 3.44. The molecule has 2 heterocycles. The van der Waals surface area contributed by atoms with E-state index in [9.17, 15) is 4.79 Å². The Bertz CT molecular complexity index is 828. The molecule has 1 atom stereocenters. The standard InChI is InChI=1S/C20H26ClN5OS/c1-13-9-11-25(12-10-13)19-23-24-20(26(19)17-7-8-17)28-14(2)18(27)22-16-5-3-15(21)4-6-16/h3-6,13-14,17H,7-12H2,1-2H3,(H,22,27). The molecule has 8 heteroatoms. The highest BCUT2D eigenvalue weighted by Gasteiger charge is 2.33. The van der Waals surface area contributed by atoms with Crippen molar-refractivity contribution < 1.29 is 4.79 Å². The number of carbonyl (C=O) groups is 1. The van der Waals surface area contributed by atoms with Crippen LogP contribution in [0.3, 0.4) is 0 Å². The fourth-order valence-electron chi connectivity index (χ4n) is 3.41. The molecule has 1 amide bonds. The van der Waals surface area contributed by atoms with Crippen LogP contribution in [0.5, 0.6) is 0 Å². The van der Waals surface area contributed by atoms with Crippen LogP contribution in [0.1, 0.15) is 45.6 Å². The number of benzene rings is 1. The maximum atomic E-state index is 12.6. The van der Waals surface area contributed by atoms with Crippen LogP contribution in [-0.4, -0.2) is 39.0 Å². The number of hydrogen-bond donors (Lipinski definition) is 1. The summed E-state index contributed by atoms with van der Waals surface area (Å²) in [7, 11) is 0. The predicted molar refractivity (Wildman–Crippen MR) is 114 cm³/mol. The van der Waals surface area contributed by atoms with Gasteiger partial charge in [0.25, 0.3) is 0 Å². The van der Waals surface area contributed by atoms with E-state index in [4.69, 9.17) is 11.6 Å². The third kappa shape index (κ3) is 4.46. The second-order valence-electron chi connectivity index (χ2n) is 7.81. The molecule has 2 aliphatic rings. The molecule has 0 spiro atoms. The molecular formula is C20H26ClN5OS. The largest absolute Gasteiger partial charge is 0.341 e. The van der Waals surface area contributed by atoms with Gasteiger partial charge in [-0.05, 0) is 62.8 Å². The van der Waals surface area contributed by atoms with Crippen LogP contribution in [-0.2, 0) is 4.79 Å². The summed E-state index contributed by atoms with van der Waals surface area (Å²) in [6.07, 6.45) is 4.71. The third-order valence-corrected chi connectivity index (χ3v) is 6.70. The molecule has 1 aliphatic carbocycles. The molecule has 2 aromatic rings. The molecule has 0 radical (unpaired) electrons. The lowest BCUT2D eigenvalue weighted by atomic mass is 10.00. The molecule has 1 saturated heterocycles. The van der Waals surface area contributed by atoms with Crippen LogP contribution >= 0.6 is 23.4 Å². The van der Waals surface area contributed by atoms with E-state index in [0.29, 0.717) is 11.1 Å². The Kier molecular flexibility index (Phi) is 5.83. The van der Waals surface area contributed by atoms with E-state index in [1.54, 1.807) is 24.3 Å². The van der Waals surface area contributed by atoms with E-state index in [0.717, 1.165) is 48.6 Å². The second-order valence-corrected chi connectivity index (χ2v) is 9.55. The Balaban J connectivity index is 1.45. The van der Waals surface area contributed by atoms with Crippen molar-refractivity contribution in [1.82, 2.24) is 14.8 Å². The number of amides is 1. The zero-order valence-corrected chi connectivity index (χ0v) is 17.8. The lowest BCUT2D eigenvalue weighted by molar-refractivity contribution is -0.115. The first-order chi connectivity index (χ1) is 13.5. The number of anilines is 2. The SMILES string of the molecule is CC1CCN(c2nnc(SC(C)C(=O)Nc3ccc(Cl)cc3)n2C2CC2)CC1. The smallest absolute Gasteiger partial charge is 0.237 e. The Morgan fingerprint density at radius 1 is 1.18 bits per heavy atom. The average molecular weight is 420 g/mol. The van der Waals surface area contributed by atoms with Crippen LogP contribution in [0.25, 0.3) is 0 Å². The zero-order valence-electron chi connectivity index (χ0n) is 16.3. The maximum absolute atomic E-state index is 12.6. The van der Waals surface area contributed by atoms with Crippen LogP contribution in [0.2, 0.25) is 5.02 Å². The van der Waals surface area contributed by atoms with Crippen LogP contribution in [0.15, 0.2) is 29.4 Å². The van der Waals surface area contributed by atoms with E-state index in [1.165, 1.54) is 24.6 Å². The third-order valence-electron chi connectivity index (χ3n) is 5.39. The number of nitrogens with zero attached hydrogens (tertiary/aromatic N) is 4. The molecule has 1 N–H and O–H groups in total. The Morgan fingerprint density at radius 2 is 1.86 bits per heavy atom. The van der Waals surface area contributed by atoms with Gasteiger partial charge in [-0.3, -0.25) is 9.36 Å². The molecule has 0 bridgehead atoms. The predicted octanol–water partition coefficient (Wildman–Crippen LogP) is 4.62. The Morgan fingerprint density at radius 3 is 2.50 bits per heavy atom. The van der Waals surface area contributed by atoms with E-state index in [2.05, 4.69) is 31.9 Å². The van der Waals surface area contributed by atoms with E-state index in [-0.39, 0.29) is 11.2 Å². The first-order valence-corrected chi connectivity index (χ1v) is 11.2. The Labute approximate surface area is 175 Å². The van der Waals surface area contributed by atoms with Gasteiger partial charge < -0.3 is 10.2 Å². The molecule has 150 valence electrons. The second kappa shape index (κ2) is 8.33. The van der Waals surface area contributed by atoms with Gasteiger partial charge in [0.2, 0.25) is 11.9 Å². The summed E-state index contributed by atoms with van der Waals surface area (Å²) < 4.78 is 2.26. The summed E-state index contributed by atoms with van der Waals surface area (Å²) in [6.45, 7) is 6.28. The topological polar surface area (TPSA) is 63.1 Å². The lowest BCUT2D eigenvalue weighted by Gasteiger charge is -2.31. The first-order valence-electron chi connectivity index (χ1n) is 9.94. The van der Waals surface area contributed by atoms with Gasteiger partial charge >= 0.3 is 0 Å². The van der Waals surface area contributed by atoms with E-state index < -0.39 is 0 Å². The van der Waals surface area contributed by atoms with Gasteiger partial charge in [-0.15, -0.1) is 10.2 Å².